The van der Waals surface area contributed by atoms with E-state index in [1.807, 2.05) is 6.07 Å². The van der Waals surface area contributed by atoms with Crippen LogP contribution in [-0.4, -0.2) is 11.1 Å². The third kappa shape index (κ3) is 1.40. The Hall–Kier alpha value is -1.77. The van der Waals surface area contributed by atoms with E-state index < -0.39 is 5.97 Å². The highest BCUT2D eigenvalue weighted by Crippen LogP contribution is 2.42. The van der Waals surface area contributed by atoms with Crippen LogP contribution in [-0.2, 0) is 0 Å². The molecule has 0 saturated heterocycles. The molecule has 3 heteroatoms. The smallest absolute Gasteiger partial charge is 0.335 e. The van der Waals surface area contributed by atoms with Gasteiger partial charge in [-0.2, -0.15) is 0 Å². The molecule has 76 valence electrons. The van der Waals surface area contributed by atoms with Crippen LogP contribution in [0.5, 0.6) is 0 Å². The molecule has 15 heavy (non-hydrogen) atoms. The lowest BCUT2D eigenvalue weighted by atomic mass is 10.1. The summed E-state index contributed by atoms with van der Waals surface area (Å²) in [4.78, 5) is 10.8. The molecular formula is C12H10O3. The van der Waals surface area contributed by atoms with Gasteiger partial charge in [0.05, 0.1) is 5.56 Å². The quantitative estimate of drug-likeness (QED) is 0.814. The molecule has 0 bridgehead atoms. The molecule has 2 aromatic rings. The molecular weight excluding hydrogens is 192 g/mol. The number of carbonyl (C=O) groups is 1. The first-order valence-electron chi connectivity index (χ1n) is 5.01. The van der Waals surface area contributed by atoms with Crippen LogP contribution in [0.2, 0.25) is 0 Å². The fourth-order valence-electron chi connectivity index (χ4n) is 1.77. The maximum absolute atomic E-state index is 10.8. The molecule has 1 saturated carbocycles. The second kappa shape index (κ2) is 2.86. The second-order valence-corrected chi connectivity index (χ2v) is 3.98. The zero-order chi connectivity index (χ0) is 10.4. The second-order valence-electron chi connectivity index (χ2n) is 3.98. The number of carboxylic acids is 1. The summed E-state index contributed by atoms with van der Waals surface area (Å²) in [5.74, 6) is 0.657. The van der Waals surface area contributed by atoms with Crippen LogP contribution in [0.3, 0.4) is 0 Å². The standard InChI is InChI=1S/C12H10O3/c13-12(14)8-3-4-10-9(5-8)6-11(15-10)7-1-2-7/h3-7H,1-2H2,(H,13,14). The summed E-state index contributed by atoms with van der Waals surface area (Å²) < 4.78 is 5.63. The Kier molecular flexibility index (Phi) is 1.63. The molecule has 0 aliphatic heterocycles. The van der Waals surface area contributed by atoms with Gasteiger partial charge in [-0.1, -0.05) is 0 Å². The van der Waals surface area contributed by atoms with Gasteiger partial charge in [0.25, 0.3) is 0 Å². The van der Waals surface area contributed by atoms with E-state index in [1.54, 1.807) is 18.2 Å². The summed E-state index contributed by atoms with van der Waals surface area (Å²) in [6, 6.07) is 6.92. The van der Waals surface area contributed by atoms with Crippen LogP contribution < -0.4 is 0 Å². The molecule has 0 spiro atoms. The number of fused-ring (bicyclic) bond motifs is 1. The van der Waals surface area contributed by atoms with Crippen molar-refractivity contribution in [1.82, 2.24) is 0 Å². The maximum atomic E-state index is 10.8. The number of rotatable bonds is 2. The van der Waals surface area contributed by atoms with Crippen molar-refractivity contribution in [1.29, 1.82) is 0 Å². The largest absolute Gasteiger partial charge is 0.478 e. The van der Waals surface area contributed by atoms with Gasteiger partial charge in [0, 0.05) is 11.3 Å². The van der Waals surface area contributed by atoms with Crippen molar-refractivity contribution in [3.8, 4) is 0 Å². The van der Waals surface area contributed by atoms with Crippen molar-refractivity contribution < 1.29 is 14.3 Å². The van der Waals surface area contributed by atoms with Gasteiger partial charge in [-0.25, -0.2) is 4.79 Å². The van der Waals surface area contributed by atoms with Gasteiger partial charge in [0.2, 0.25) is 0 Å². The first-order valence-corrected chi connectivity index (χ1v) is 5.01. The van der Waals surface area contributed by atoms with E-state index >= 15 is 0 Å². The van der Waals surface area contributed by atoms with Gasteiger partial charge >= 0.3 is 5.97 Å². The van der Waals surface area contributed by atoms with Gasteiger partial charge in [0.15, 0.2) is 0 Å². The van der Waals surface area contributed by atoms with Crippen LogP contribution in [0.25, 0.3) is 11.0 Å². The van der Waals surface area contributed by atoms with Gasteiger partial charge in [-0.15, -0.1) is 0 Å². The van der Waals surface area contributed by atoms with E-state index in [-0.39, 0.29) is 0 Å². The fraction of sp³-hybridized carbons (Fsp3) is 0.250. The van der Waals surface area contributed by atoms with Gasteiger partial charge < -0.3 is 9.52 Å². The SMILES string of the molecule is O=C(O)c1ccc2oc(C3CC3)cc2c1. The molecule has 3 rings (SSSR count). The number of benzene rings is 1. The predicted molar refractivity (Wildman–Crippen MR) is 55.1 cm³/mol. The lowest BCUT2D eigenvalue weighted by molar-refractivity contribution is 0.0697. The van der Waals surface area contributed by atoms with Crippen molar-refractivity contribution >= 4 is 16.9 Å². The number of aromatic carboxylic acids is 1. The van der Waals surface area contributed by atoms with Gasteiger partial charge in [-0.3, -0.25) is 0 Å². The summed E-state index contributed by atoms with van der Waals surface area (Å²) in [5.41, 5.74) is 1.09. The third-order valence-electron chi connectivity index (χ3n) is 2.76. The molecule has 1 aromatic heterocycles. The van der Waals surface area contributed by atoms with Crippen LogP contribution in [0, 0.1) is 0 Å². The highest BCUT2D eigenvalue weighted by Gasteiger charge is 2.27. The molecule has 3 nitrogen and oxygen atoms in total. The van der Waals surface area contributed by atoms with E-state index in [0.29, 0.717) is 11.5 Å². The van der Waals surface area contributed by atoms with Crippen LogP contribution in [0.4, 0.5) is 0 Å². The zero-order valence-corrected chi connectivity index (χ0v) is 8.06. The first kappa shape index (κ1) is 8.53. The van der Waals surface area contributed by atoms with E-state index in [1.165, 1.54) is 12.8 Å². The summed E-state index contributed by atoms with van der Waals surface area (Å²) in [6.07, 6.45) is 2.37. The number of hydrogen-bond acceptors (Lipinski definition) is 2. The molecule has 1 N–H and O–H groups in total. The topological polar surface area (TPSA) is 50.4 Å². The Morgan fingerprint density at radius 1 is 1.33 bits per heavy atom. The summed E-state index contributed by atoms with van der Waals surface area (Å²) in [7, 11) is 0. The highest BCUT2D eigenvalue weighted by atomic mass is 16.4. The molecule has 1 aromatic carbocycles. The first-order chi connectivity index (χ1) is 7.24. The van der Waals surface area contributed by atoms with Gasteiger partial charge in [0.1, 0.15) is 11.3 Å². The van der Waals surface area contributed by atoms with Crippen molar-refractivity contribution in [3.05, 3.63) is 35.6 Å². The highest BCUT2D eigenvalue weighted by molar-refractivity contribution is 5.93. The average Bonchev–Trinajstić information content (AvgIpc) is 2.97. The number of carboxylic acid groups (broad SMARTS) is 1. The van der Waals surface area contributed by atoms with E-state index in [9.17, 15) is 4.79 Å². The molecule has 0 amide bonds. The molecule has 0 radical (unpaired) electrons. The molecule has 1 fully saturated rings. The Labute approximate surface area is 86.3 Å². The number of furan rings is 1. The minimum Gasteiger partial charge on any atom is -0.478 e. The van der Waals surface area contributed by atoms with E-state index in [2.05, 4.69) is 0 Å². The molecule has 0 unspecified atom stereocenters. The lowest BCUT2D eigenvalue weighted by Crippen LogP contribution is -1.94. The summed E-state index contributed by atoms with van der Waals surface area (Å²) in [6.45, 7) is 0. The summed E-state index contributed by atoms with van der Waals surface area (Å²) in [5, 5.41) is 9.73. The van der Waals surface area contributed by atoms with E-state index in [4.69, 9.17) is 9.52 Å². The molecule has 1 aliphatic carbocycles. The zero-order valence-electron chi connectivity index (χ0n) is 8.06. The van der Waals surface area contributed by atoms with Crippen molar-refractivity contribution in [2.75, 3.05) is 0 Å². The normalized spacial score (nSPS) is 15.7. The van der Waals surface area contributed by atoms with Crippen molar-refractivity contribution in [2.24, 2.45) is 0 Å². The predicted octanol–water partition coefficient (Wildman–Crippen LogP) is 3.01. The van der Waals surface area contributed by atoms with Crippen LogP contribution in [0.15, 0.2) is 28.7 Å². The van der Waals surface area contributed by atoms with Crippen LogP contribution in [0.1, 0.15) is 34.9 Å². The monoisotopic (exact) mass is 202 g/mol. The minimum absolute atomic E-state index is 0.311. The Morgan fingerprint density at radius 2 is 2.13 bits per heavy atom. The Bertz CT molecular complexity index is 535. The Balaban J connectivity index is 2.13. The van der Waals surface area contributed by atoms with Gasteiger partial charge in [-0.05, 0) is 37.1 Å². The maximum Gasteiger partial charge on any atom is 0.335 e. The average molecular weight is 202 g/mol. The lowest BCUT2D eigenvalue weighted by Gasteiger charge is -1.92. The van der Waals surface area contributed by atoms with Crippen LogP contribution >= 0.6 is 0 Å². The van der Waals surface area contributed by atoms with E-state index in [0.717, 1.165) is 16.7 Å². The minimum atomic E-state index is -0.897. The van der Waals surface area contributed by atoms with Crippen molar-refractivity contribution in [2.45, 2.75) is 18.8 Å². The summed E-state index contributed by atoms with van der Waals surface area (Å²) >= 11 is 0. The Morgan fingerprint density at radius 3 is 2.80 bits per heavy atom. The molecule has 1 heterocycles. The molecule has 0 atom stereocenters. The van der Waals surface area contributed by atoms with Crippen molar-refractivity contribution in [3.63, 3.8) is 0 Å². The number of hydrogen-bond donors (Lipinski definition) is 1. The fourth-order valence-corrected chi connectivity index (χ4v) is 1.77. The molecule has 1 aliphatic rings. The third-order valence-corrected chi connectivity index (χ3v) is 2.76.